The molecule has 1 unspecified atom stereocenters. The van der Waals surface area contributed by atoms with Crippen molar-refractivity contribution in [2.24, 2.45) is 10.9 Å². The smallest absolute Gasteiger partial charge is 0.0922 e. The SMILES string of the molecule is C=NO.N=C(SCc1ccccc1)C1=C(N)CC(c2ccccc2)CC1. The van der Waals surface area contributed by atoms with E-state index in [-0.39, 0.29) is 0 Å². The van der Waals surface area contributed by atoms with Crippen molar-refractivity contribution in [1.29, 1.82) is 5.41 Å². The van der Waals surface area contributed by atoms with Crippen LogP contribution in [-0.4, -0.2) is 17.0 Å². The van der Waals surface area contributed by atoms with Gasteiger partial charge in [0.05, 0.1) is 5.04 Å². The van der Waals surface area contributed by atoms with E-state index in [1.165, 1.54) is 11.1 Å². The van der Waals surface area contributed by atoms with E-state index in [1.54, 1.807) is 11.8 Å². The van der Waals surface area contributed by atoms with Gasteiger partial charge in [0.2, 0.25) is 0 Å². The molecule has 5 heteroatoms. The van der Waals surface area contributed by atoms with Crippen LogP contribution in [0.5, 0.6) is 0 Å². The Kier molecular flexibility index (Phi) is 7.96. The minimum atomic E-state index is 0.492. The lowest BCUT2D eigenvalue weighted by Gasteiger charge is -2.26. The normalized spacial score (nSPS) is 16.4. The zero-order valence-corrected chi connectivity index (χ0v) is 15.6. The molecule has 4 N–H and O–H groups in total. The number of nitrogens with one attached hydrogen (secondary N) is 1. The van der Waals surface area contributed by atoms with E-state index in [2.05, 4.69) is 48.3 Å². The first-order valence-corrected chi connectivity index (χ1v) is 9.52. The Bertz CT molecular complexity index is 744. The Morgan fingerprint density at radius 3 is 2.31 bits per heavy atom. The summed E-state index contributed by atoms with van der Waals surface area (Å²) in [5, 5.41) is 18.3. The van der Waals surface area contributed by atoms with Crippen molar-refractivity contribution in [3.8, 4) is 0 Å². The van der Waals surface area contributed by atoms with Crippen molar-refractivity contribution in [2.75, 3.05) is 0 Å². The molecular formula is C21H25N3OS. The van der Waals surface area contributed by atoms with Crippen molar-refractivity contribution in [3.63, 3.8) is 0 Å². The molecule has 0 fully saturated rings. The predicted octanol–water partition coefficient (Wildman–Crippen LogP) is 5.15. The lowest BCUT2D eigenvalue weighted by Crippen LogP contribution is -2.18. The van der Waals surface area contributed by atoms with Crippen LogP contribution in [0.4, 0.5) is 0 Å². The van der Waals surface area contributed by atoms with Gasteiger partial charge >= 0.3 is 0 Å². The summed E-state index contributed by atoms with van der Waals surface area (Å²) >= 11 is 1.58. The third-order valence-electron chi connectivity index (χ3n) is 4.37. The maximum Gasteiger partial charge on any atom is 0.0922 e. The topological polar surface area (TPSA) is 82.5 Å². The number of rotatable bonds is 4. The molecule has 2 aromatic rings. The monoisotopic (exact) mass is 367 g/mol. The molecule has 0 radical (unpaired) electrons. The van der Waals surface area contributed by atoms with Crippen molar-refractivity contribution in [2.45, 2.75) is 30.9 Å². The van der Waals surface area contributed by atoms with Gasteiger partial charge in [-0.25, -0.2) is 0 Å². The number of hydrogen-bond donors (Lipinski definition) is 3. The third-order valence-corrected chi connectivity index (χ3v) is 5.38. The molecule has 0 heterocycles. The fourth-order valence-electron chi connectivity index (χ4n) is 3.06. The van der Waals surface area contributed by atoms with Crippen LogP contribution in [0.2, 0.25) is 0 Å². The molecule has 0 bridgehead atoms. The average Bonchev–Trinajstić information content (AvgIpc) is 2.68. The highest BCUT2D eigenvalue weighted by Crippen LogP contribution is 2.36. The van der Waals surface area contributed by atoms with Gasteiger partial charge in [0.1, 0.15) is 0 Å². The van der Waals surface area contributed by atoms with E-state index in [0.29, 0.717) is 11.0 Å². The number of nitrogens with zero attached hydrogens (tertiary/aromatic N) is 1. The minimum absolute atomic E-state index is 0.492. The van der Waals surface area contributed by atoms with Gasteiger partial charge in [0.25, 0.3) is 0 Å². The number of thioether (sulfide) groups is 1. The second-order valence-corrected chi connectivity index (χ2v) is 7.08. The number of allylic oxidation sites excluding steroid dienone is 1. The summed E-state index contributed by atoms with van der Waals surface area (Å²) < 4.78 is 0. The number of oxime groups is 1. The number of nitrogens with two attached hydrogens (primary N) is 1. The van der Waals surface area contributed by atoms with Gasteiger partial charge < -0.3 is 10.9 Å². The Balaban J connectivity index is 0.000000758. The summed E-state index contributed by atoms with van der Waals surface area (Å²) in [6.07, 6.45) is 2.86. The second-order valence-electron chi connectivity index (χ2n) is 6.10. The Hall–Kier alpha value is -2.53. The molecule has 136 valence electrons. The summed E-state index contributed by atoms with van der Waals surface area (Å²) in [6, 6.07) is 20.9. The second kappa shape index (κ2) is 10.5. The van der Waals surface area contributed by atoms with Crippen LogP contribution < -0.4 is 5.73 Å². The molecular weight excluding hydrogens is 342 g/mol. The standard InChI is InChI=1S/C20H22N2S.CH3NO/c21-19-13-17(16-9-5-2-6-10-16)11-12-18(19)20(22)23-14-15-7-3-1-4-8-15;1-2-3/h1-10,17,22H,11-14,21H2;3H,1H2. The summed E-state index contributed by atoms with van der Waals surface area (Å²) in [6.45, 7) is 2.67. The van der Waals surface area contributed by atoms with Crippen LogP contribution in [0, 0.1) is 5.41 Å². The first-order chi connectivity index (χ1) is 12.7. The molecule has 0 aromatic heterocycles. The van der Waals surface area contributed by atoms with Crippen LogP contribution >= 0.6 is 11.8 Å². The highest BCUT2D eigenvalue weighted by atomic mass is 32.2. The molecule has 26 heavy (non-hydrogen) atoms. The van der Waals surface area contributed by atoms with Gasteiger partial charge in [-0.1, -0.05) is 60.7 Å². The molecule has 0 saturated heterocycles. The lowest BCUT2D eigenvalue weighted by molar-refractivity contribution is 0.323. The number of benzene rings is 2. The lowest BCUT2D eigenvalue weighted by atomic mass is 9.83. The Labute approximate surface area is 159 Å². The summed E-state index contributed by atoms with van der Waals surface area (Å²) in [4.78, 5) is 0. The molecule has 2 aromatic carbocycles. The fourth-order valence-corrected chi connectivity index (χ4v) is 3.97. The molecule has 1 aliphatic carbocycles. The van der Waals surface area contributed by atoms with E-state index in [0.717, 1.165) is 36.3 Å². The van der Waals surface area contributed by atoms with E-state index in [1.807, 2.05) is 24.3 Å². The minimum Gasteiger partial charge on any atom is -0.411 e. The molecule has 0 aliphatic heterocycles. The van der Waals surface area contributed by atoms with Gasteiger partial charge in [-0.3, -0.25) is 5.41 Å². The van der Waals surface area contributed by atoms with E-state index < -0.39 is 0 Å². The van der Waals surface area contributed by atoms with Gasteiger partial charge in [-0.2, -0.15) is 0 Å². The summed E-state index contributed by atoms with van der Waals surface area (Å²) in [5.74, 6) is 1.32. The zero-order chi connectivity index (χ0) is 18.8. The zero-order valence-electron chi connectivity index (χ0n) is 14.8. The molecule has 0 amide bonds. The van der Waals surface area contributed by atoms with Crippen molar-refractivity contribution in [3.05, 3.63) is 83.1 Å². The van der Waals surface area contributed by atoms with E-state index >= 15 is 0 Å². The van der Waals surface area contributed by atoms with E-state index in [9.17, 15) is 0 Å². The summed E-state index contributed by atoms with van der Waals surface area (Å²) in [7, 11) is 0. The molecule has 0 spiro atoms. The molecule has 0 saturated carbocycles. The molecule has 3 rings (SSSR count). The Morgan fingerprint density at radius 1 is 1.15 bits per heavy atom. The molecule has 1 atom stereocenters. The van der Waals surface area contributed by atoms with Gasteiger partial charge in [-0.15, -0.1) is 16.9 Å². The first kappa shape index (κ1) is 19.8. The van der Waals surface area contributed by atoms with E-state index in [4.69, 9.17) is 16.4 Å². The quantitative estimate of drug-likeness (QED) is 0.302. The van der Waals surface area contributed by atoms with Gasteiger partial charge in [-0.05, 0) is 36.3 Å². The third kappa shape index (κ3) is 5.77. The predicted molar refractivity (Wildman–Crippen MR) is 111 cm³/mol. The number of hydrogen-bond acceptors (Lipinski definition) is 5. The summed E-state index contributed by atoms with van der Waals surface area (Å²) in [5.41, 5.74) is 10.9. The molecule has 1 aliphatic rings. The largest absolute Gasteiger partial charge is 0.411 e. The maximum absolute atomic E-state index is 8.36. The van der Waals surface area contributed by atoms with Crippen LogP contribution in [0.3, 0.4) is 0 Å². The van der Waals surface area contributed by atoms with Crippen LogP contribution in [-0.2, 0) is 5.75 Å². The van der Waals surface area contributed by atoms with Gasteiger partial charge in [0, 0.05) is 23.7 Å². The van der Waals surface area contributed by atoms with Crippen molar-refractivity contribution in [1.82, 2.24) is 0 Å². The van der Waals surface area contributed by atoms with Crippen LogP contribution in [0.1, 0.15) is 36.3 Å². The maximum atomic E-state index is 8.36. The van der Waals surface area contributed by atoms with Crippen LogP contribution in [0.25, 0.3) is 0 Å². The average molecular weight is 368 g/mol. The van der Waals surface area contributed by atoms with Gasteiger partial charge in [0.15, 0.2) is 0 Å². The highest BCUT2D eigenvalue weighted by molar-refractivity contribution is 8.13. The van der Waals surface area contributed by atoms with Crippen molar-refractivity contribution >= 4 is 23.5 Å². The fraction of sp³-hybridized carbons (Fsp3) is 0.238. The van der Waals surface area contributed by atoms with Crippen molar-refractivity contribution < 1.29 is 5.21 Å². The molecule has 4 nitrogen and oxygen atoms in total. The first-order valence-electron chi connectivity index (χ1n) is 8.53. The Morgan fingerprint density at radius 2 is 1.73 bits per heavy atom. The highest BCUT2D eigenvalue weighted by Gasteiger charge is 2.23. The van der Waals surface area contributed by atoms with Crippen LogP contribution in [0.15, 0.2) is 77.1 Å².